The molecule has 80 valence electrons. The first kappa shape index (κ1) is 11.2. The molecule has 4 nitrogen and oxygen atoms in total. The summed E-state index contributed by atoms with van der Waals surface area (Å²) < 4.78 is 1.80. The monoisotopic (exact) mass is 197 g/mol. The Hall–Kier alpha value is -0.870. The number of aromatic nitrogens is 2. The van der Waals surface area contributed by atoms with Gasteiger partial charge in [-0.3, -0.25) is 4.68 Å². The SMILES string of the molecule is CC(CO)CN(C)Cc1cnn(C)c1. The van der Waals surface area contributed by atoms with E-state index >= 15 is 0 Å². The first-order valence-corrected chi connectivity index (χ1v) is 4.88. The number of aliphatic hydroxyl groups is 1. The smallest absolute Gasteiger partial charge is 0.0534 e. The van der Waals surface area contributed by atoms with Crippen molar-refractivity contribution in [2.45, 2.75) is 13.5 Å². The van der Waals surface area contributed by atoms with Crippen molar-refractivity contribution in [3.63, 3.8) is 0 Å². The molecule has 1 aromatic heterocycles. The summed E-state index contributed by atoms with van der Waals surface area (Å²) in [6.45, 7) is 4.08. The molecule has 0 bridgehead atoms. The minimum atomic E-state index is 0.247. The van der Waals surface area contributed by atoms with Crippen LogP contribution in [0.5, 0.6) is 0 Å². The van der Waals surface area contributed by atoms with Gasteiger partial charge in [0.1, 0.15) is 0 Å². The summed E-state index contributed by atoms with van der Waals surface area (Å²) in [5.41, 5.74) is 1.21. The predicted molar refractivity (Wildman–Crippen MR) is 55.8 cm³/mol. The number of hydrogen-bond donors (Lipinski definition) is 1. The second-order valence-electron chi connectivity index (χ2n) is 4.01. The van der Waals surface area contributed by atoms with Crippen LogP contribution in [-0.4, -0.2) is 40.0 Å². The third-order valence-corrected chi connectivity index (χ3v) is 2.15. The second kappa shape index (κ2) is 5.12. The number of hydrogen-bond acceptors (Lipinski definition) is 3. The summed E-state index contributed by atoms with van der Waals surface area (Å²) in [4.78, 5) is 2.19. The highest BCUT2D eigenvalue weighted by molar-refractivity contribution is 5.02. The van der Waals surface area contributed by atoms with Gasteiger partial charge in [-0.1, -0.05) is 6.92 Å². The fourth-order valence-electron chi connectivity index (χ4n) is 1.52. The maximum atomic E-state index is 8.91. The molecule has 1 heterocycles. The molecule has 1 aromatic rings. The van der Waals surface area contributed by atoms with Gasteiger partial charge in [-0.25, -0.2) is 0 Å². The molecule has 1 unspecified atom stereocenters. The van der Waals surface area contributed by atoms with Crippen LogP contribution < -0.4 is 0 Å². The average molecular weight is 197 g/mol. The minimum absolute atomic E-state index is 0.247. The fourth-order valence-corrected chi connectivity index (χ4v) is 1.52. The normalized spacial score (nSPS) is 13.5. The maximum absolute atomic E-state index is 8.91. The molecule has 0 saturated carbocycles. The van der Waals surface area contributed by atoms with Crippen molar-refractivity contribution < 1.29 is 5.11 Å². The van der Waals surface area contributed by atoms with Gasteiger partial charge >= 0.3 is 0 Å². The zero-order chi connectivity index (χ0) is 10.6. The molecule has 0 saturated heterocycles. The lowest BCUT2D eigenvalue weighted by atomic mass is 10.2. The summed E-state index contributed by atoms with van der Waals surface area (Å²) in [5, 5.41) is 13.0. The summed E-state index contributed by atoms with van der Waals surface area (Å²) in [7, 11) is 3.97. The maximum Gasteiger partial charge on any atom is 0.0534 e. The lowest BCUT2D eigenvalue weighted by Gasteiger charge is -2.18. The van der Waals surface area contributed by atoms with Crippen molar-refractivity contribution in [3.8, 4) is 0 Å². The number of nitrogens with zero attached hydrogens (tertiary/aromatic N) is 3. The Morgan fingerprint density at radius 3 is 2.86 bits per heavy atom. The van der Waals surface area contributed by atoms with Crippen LogP contribution in [0, 0.1) is 5.92 Å². The molecule has 0 aliphatic rings. The lowest BCUT2D eigenvalue weighted by Crippen LogP contribution is -2.25. The van der Waals surface area contributed by atoms with E-state index in [4.69, 9.17) is 5.11 Å². The van der Waals surface area contributed by atoms with E-state index in [1.807, 2.05) is 26.4 Å². The van der Waals surface area contributed by atoms with Crippen molar-refractivity contribution in [1.29, 1.82) is 0 Å². The van der Waals surface area contributed by atoms with Crippen LogP contribution in [-0.2, 0) is 13.6 Å². The van der Waals surface area contributed by atoms with Crippen LogP contribution in [0.15, 0.2) is 12.4 Å². The van der Waals surface area contributed by atoms with E-state index in [1.54, 1.807) is 4.68 Å². The fraction of sp³-hybridized carbons (Fsp3) is 0.700. The Morgan fingerprint density at radius 2 is 2.36 bits per heavy atom. The second-order valence-corrected chi connectivity index (χ2v) is 4.01. The molecule has 0 aromatic carbocycles. The molecule has 0 radical (unpaired) electrons. The van der Waals surface area contributed by atoms with E-state index < -0.39 is 0 Å². The summed E-state index contributed by atoms with van der Waals surface area (Å²) >= 11 is 0. The molecule has 4 heteroatoms. The molecule has 1 atom stereocenters. The van der Waals surface area contributed by atoms with Crippen molar-refractivity contribution in [1.82, 2.24) is 14.7 Å². The van der Waals surface area contributed by atoms with Crippen molar-refractivity contribution in [3.05, 3.63) is 18.0 Å². The van der Waals surface area contributed by atoms with Gasteiger partial charge in [-0.05, 0) is 13.0 Å². The Morgan fingerprint density at radius 1 is 1.64 bits per heavy atom. The zero-order valence-corrected chi connectivity index (χ0v) is 9.14. The van der Waals surface area contributed by atoms with Gasteiger partial charge in [0.2, 0.25) is 0 Å². The summed E-state index contributed by atoms with van der Waals surface area (Å²) in [6, 6.07) is 0. The van der Waals surface area contributed by atoms with E-state index in [0.29, 0.717) is 5.92 Å². The van der Waals surface area contributed by atoms with Gasteiger partial charge in [-0.15, -0.1) is 0 Å². The first-order chi connectivity index (χ1) is 6.61. The molecular weight excluding hydrogens is 178 g/mol. The van der Waals surface area contributed by atoms with Crippen LogP contribution in [0.3, 0.4) is 0 Å². The van der Waals surface area contributed by atoms with E-state index in [2.05, 4.69) is 17.0 Å². The minimum Gasteiger partial charge on any atom is -0.396 e. The molecule has 1 N–H and O–H groups in total. The average Bonchev–Trinajstić information content (AvgIpc) is 2.50. The molecule has 0 amide bonds. The van der Waals surface area contributed by atoms with E-state index in [1.165, 1.54) is 5.56 Å². The molecule has 0 spiro atoms. The molecule has 0 aliphatic heterocycles. The quantitative estimate of drug-likeness (QED) is 0.746. The summed E-state index contributed by atoms with van der Waals surface area (Å²) in [5.74, 6) is 0.330. The first-order valence-electron chi connectivity index (χ1n) is 4.88. The van der Waals surface area contributed by atoms with Gasteiger partial charge in [0.05, 0.1) is 6.20 Å². The molecule has 14 heavy (non-hydrogen) atoms. The molecular formula is C10H19N3O. The zero-order valence-electron chi connectivity index (χ0n) is 9.14. The Balaban J connectivity index is 2.37. The Bertz CT molecular complexity index is 272. The Labute approximate surface area is 85.1 Å². The number of aryl methyl sites for hydroxylation is 1. The highest BCUT2D eigenvalue weighted by Crippen LogP contribution is 2.03. The van der Waals surface area contributed by atoms with Gasteiger partial charge in [0, 0.05) is 38.5 Å². The highest BCUT2D eigenvalue weighted by atomic mass is 16.3. The lowest BCUT2D eigenvalue weighted by molar-refractivity contribution is 0.188. The summed E-state index contributed by atoms with van der Waals surface area (Å²) in [6.07, 6.45) is 3.89. The molecule has 1 rings (SSSR count). The molecule has 0 fully saturated rings. The van der Waals surface area contributed by atoms with Crippen LogP contribution in [0.25, 0.3) is 0 Å². The van der Waals surface area contributed by atoms with Crippen LogP contribution in [0.4, 0.5) is 0 Å². The van der Waals surface area contributed by atoms with E-state index in [0.717, 1.165) is 13.1 Å². The van der Waals surface area contributed by atoms with E-state index in [9.17, 15) is 0 Å². The van der Waals surface area contributed by atoms with Gasteiger partial charge < -0.3 is 10.0 Å². The van der Waals surface area contributed by atoms with Crippen LogP contribution in [0.1, 0.15) is 12.5 Å². The van der Waals surface area contributed by atoms with Gasteiger partial charge in [-0.2, -0.15) is 5.10 Å². The molecule has 0 aliphatic carbocycles. The standard InChI is InChI=1S/C10H19N3O/c1-9(8-14)5-12(2)6-10-4-11-13(3)7-10/h4,7,9,14H,5-6,8H2,1-3H3. The number of rotatable bonds is 5. The van der Waals surface area contributed by atoms with Crippen molar-refractivity contribution >= 4 is 0 Å². The third kappa shape index (κ3) is 3.47. The van der Waals surface area contributed by atoms with Gasteiger partial charge in [0.15, 0.2) is 0 Å². The third-order valence-electron chi connectivity index (χ3n) is 2.15. The highest BCUT2D eigenvalue weighted by Gasteiger charge is 2.06. The largest absolute Gasteiger partial charge is 0.396 e. The number of aliphatic hydroxyl groups excluding tert-OH is 1. The van der Waals surface area contributed by atoms with Crippen molar-refractivity contribution in [2.75, 3.05) is 20.2 Å². The van der Waals surface area contributed by atoms with Gasteiger partial charge in [0.25, 0.3) is 0 Å². The predicted octanol–water partition coefficient (Wildman–Crippen LogP) is 0.480. The Kier molecular flexibility index (Phi) is 4.10. The van der Waals surface area contributed by atoms with Crippen LogP contribution >= 0.6 is 0 Å². The topological polar surface area (TPSA) is 41.3 Å². The van der Waals surface area contributed by atoms with E-state index in [-0.39, 0.29) is 6.61 Å². The van der Waals surface area contributed by atoms with Crippen LogP contribution in [0.2, 0.25) is 0 Å². The van der Waals surface area contributed by atoms with Crippen molar-refractivity contribution in [2.24, 2.45) is 13.0 Å².